The Morgan fingerprint density at radius 3 is 2.68 bits per heavy atom. The quantitative estimate of drug-likeness (QED) is 0.794. The summed E-state index contributed by atoms with van der Waals surface area (Å²) in [7, 11) is 0. The van der Waals surface area contributed by atoms with Gasteiger partial charge in [-0.15, -0.1) is 11.3 Å². The average molecular weight is 311 g/mol. The van der Waals surface area contributed by atoms with E-state index in [4.69, 9.17) is 0 Å². The first-order valence-electron chi connectivity index (χ1n) is 6.97. The molecule has 1 atom stereocenters. The summed E-state index contributed by atoms with van der Waals surface area (Å²) in [6, 6.07) is 15.3. The molecule has 3 rings (SSSR count). The number of rotatable bonds is 4. The van der Waals surface area contributed by atoms with Gasteiger partial charge in [-0.25, -0.2) is 4.98 Å². The fourth-order valence-electron chi connectivity index (χ4n) is 2.07. The molecular formula is C17H17N3OS. The van der Waals surface area contributed by atoms with Crippen molar-refractivity contribution < 1.29 is 6.22 Å². The van der Waals surface area contributed by atoms with Gasteiger partial charge in [0.2, 0.25) is 0 Å². The molecule has 0 spiro atoms. The zero-order valence-corrected chi connectivity index (χ0v) is 12.9. The van der Waals surface area contributed by atoms with Crippen LogP contribution >= 0.6 is 11.3 Å². The number of thiazole rings is 1. The molecule has 112 valence electrons. The second kappa shape index (κ2) is 6.49. The summed E-state index contributed by atoms with van der Waals surface area (Å²) >= 11 is 1.47. The molecule has 0 aliphatic rings. The Kier molecular flexibility index (Phi) is 4.25. The topological polar surface area (TPSA) is 54.9 Å². The molecule has 0 aliphatic carbocycles. The minimum absolute atomic E-state index is 0. The summed E-state index contributed by atoms with van der Waals surface area (Å²) in [6.45, 7) is 1.91. The number of amides is 1. The Hall–Kier alpha value is -2.53. The summed E-state index contributed by atoms with van der Waals surface area (Å²) in [4.78, 5) is 20.9. The van der Waals surface area contributed by atoms with E-state index in [1.165, 1.54) is 11.3 Å². The predicted molar refractivity (Wildman–Crippen MR) is 89.8 cm³/mol. The van der Waals surface area contributed by atoms with Crippen LogP contribution in [0.3, 0.4) is 0 Å². The van der Waals surface area contributed by atoms with Crippen LogP contribution in [-0.2, 0) is 0 Å². The highest BCUT2D eigenvalue weighted by Gasteiger charge is 2.15. The van der Waals surface area contributed by atoms with Gasteiger partial charge in [0.05, 0.1) is 11.7 Å². The molecule has 1 unspecified atom stereocenters. The Morgan fingerprint density at radius 1 is 1.18 bits per heavy atom. The lowest BCUT2D eigenvalue weighted by atomic mass is 10.2. The summed E-state index contributed by atoms with van der Waals surface area (Å²) in [5, 5.41) is 5.54. The first kappa shape index (κ1) is 14.4. The third-order valence-corrected chi connectivity index (χ3v) is 4.13. The average Bonchev–Trinajstić information content (AvgIpc) is 3.06. The molecule has 1 N–H and O–H groups in total. The molecule has 0 radical (unpaired) electrons. The molecule has 1 amide bonds. The van der Waals surface area contributed by atoms with Crippen molar-refractivity contribution in [3.8, 4) is 10.6 Å². The number of nitrogens with one attached hydrogen (secondary N) is 1. The van der Waals surface area contributed by atoms with E-state index >= 15 is 0 Å². The van der Waals surface area contributed by atoms with Gasteiger partial charge in [-0.1, -0.05) is 36.4 Å². The number of nitrogens with zero attached hydrogens (tertiary/aromatic N) is 2. The molecule has 3 aromatic rings. The lowest BCUT2D eigenvalue weighted by molar-refractivity contribution is 0.0935. The first-order chi connectivity index (χ1) is 10.7. The lowest BCUT2D eigenvalue weighted by Crippen LogP contribution is -2.27. The minimum atomic E-state index is -0.184. The molecule has 0 saturated carbocycles. The molecule has 0 bridgehead atoms. The molecule has 5 heteroatoms. The number of hydrogen-bond acceptors (Lipinski definition) is 4. The normalized spacial score (nSPS) is 11.9. The van der Waals surface area contributed by atoms with E-state index in [0.717, 1.165) is 16.3 Å². The highest BCUT2D eigenvalue weighted by Crippen LogP contribution is 2.23. The summed E-state index contributed by atoms with van der Waals surface area (Å²) in [5.74, 6) is -0.184. The van der Waals surface area contributed by atoms with Crippen LogP contribution in [-0.4, -0.2) is 15.9 Å². The predicted octanol–water partition coefficient (Wildman–Crippen LogP) is 3.94. The standard InChI is InChI=1S/C17H15N3OS.H2/c1-12(14-9-5-6-10-18-14)19-16(21)15-11-22-17(20-15)13-7-3-2-4-8-13;/h2-12H,1H3,(H,19,21);1H. The molecule has 22 heavy (non-hydrogen) atoms. The van der Waals surface area contributed by atoms with Crippen molar-refractivity contribution in [1.82, 2.24) is 15.3 Å². The second-order valence-electron chi connectivity index (χ2n) is 4.85. The Balaban J connectivity index is 0.00000192. The van der Waals surface area contributed by atoms with Crippen LogP contribution in [0.4, 0.5) is 0 Å². The lowest BCUT2D eigenvalue weighted by Gasteiger charge is -2.11. The fraction of sp³-hybridized carbons (Fsp3) is 0.118. The SMILES string of the molecule is CC(NC(=O)c1csc(-c2ccccc2)n1)c1ccccn1.[HH]. The van der Waals surface area contributed by atoms with Crippen LogP contribution < -0.4 is 5.32 Å². The number of hydrogen-bond donors (Lipinski definition) is 1. The Morgan fingerprint density at radius 2 is 1.95 bits per heavy atom. The largest absolute Gasteiger partial charge is 0.343 e. The first-order valence-corrected chi connectivity index (χ1v) is 7.85. The van der Waals surface area contributed by atoms with Crippen molar-refractivity contribution in [2.75, 3.05) is 0 Å². The van der Waals surface area contributed by atoms with E-state index in [-0.39, 0.29) is 13.4 Å². The van der Waals surface area contributed by atoms with Crippen LogP contribution in [0.2, 0.25) is 0 Å². The Bertz CT molecular complexity index is 762. The Labute approximate surface area is 134 Å². The van der Waals surface area contributed by atoms with Crippen molar-refractivity contribution in [2.45, 2.75) is 13.0 Å². The smallest absolute Gasteiger partial charge is 0.271 e. The van der Waals surface area contributed by atoms with E-state index in [2.05, 4.69) is 15.3 Å². The van der Waals surface area contributed by atoms with E-state index in [9.17, 15) is 4.79 Å². The second-order valence-corrected chi connectivity index (χ2v) is 5.71. The zero-order valence-electron chi connectivity index (χ0n) is 12.1. The zero-order chi connectivity index (χ0) is 15.4. The van der Waals surface area contributed by atoms with E-state index in [0.29, 0.717) is 5.69 Å². The number of pyridine rings is 1. The van der Waals surface area contributed by atoms with Crippen LogP contribution in [0, 0.1) is 0 Å². The van der Waals surface area contributed by atoms with Gasteiger partial charge in [-0.2, -0.15) is 0 Å². The van der Waals surface area contributed by atoms with E-state index < -0.39 is 0 Å². The van der Waals surface area contributed by atoms with Crippen LogP contribution in [0.15, 0.2) is 60.1 Å². The molecule has 0 saturated heterocycles. The summed E-state index contributed by atoms with van der Waals surface area (Å²) in [5.41, 5.74) is 2.28. The summed E-state index contributed by atoms with van der Waals surface area (Å²) in [6.07, 6.45) is 1.72. The van der Waals surface area contributed by atoms with Crippen LogP contribution in [0.25, 0.3) is 10.6 Å². The van der Waals surface area contributed by atoms with Gasteiger partial charge in [0.15, 0.2) is 0 Å². The maximum Gasteiger partial charge on any atom is 0.271 e. The number of aromatic nitrogens is 2. The number of carbonyl (C=O) groups excluding carboxylic acids is 1. The molecule has 0 fully saturated rings. The van der Waals surface area contributed by atoms with Crippen LogP contribution in [0.5, 0.6) is 0 Å². The van der Waals surface area contributed by atoms with Crippen LogP contribution in [0.1, 0.15) is 30.6 Å². The molecule has 1 aromatic carbocycles. The van der Waals surface area contributed by atoms with Gasteiger partial charge in [-0.3, -0.25) is 9.78 Å². The third kappa shape index (κ3) is 3.20. The molecular weight excluding hydrogens is 294 g/mol. The van der Waals surface area contributed by atoms with Crippen molar-refractivity contribution >= 4 is 17.2 Å². The highest BCUT2D eigenvalue weighted by molar-refractivity contribution is 7.13. The number of carbonyl (C=O) groups is 1. The van der Waals surface area contributed by atoms with E-state index in [1.54, 1.807) is 11.6 Å². The van der Waals surface area contributed by atoms with E-state index in [1.807, 2.05) is 55.5 Å². The number of benzene rings is 1. The van der Waals surface area contributed by atoms with Gasteiger partial charge in [0.25, 0.3) is 5.91 Å². The summed E-state index contributed by atoms with van der Waals surface area (Å²) < 4.78 is 0. The molecule has 0 aliphatic heterocycles. The highest BCUT2D eigenvalue weighted by atomic mass is 32.1. The van der Waals surface area contributed by atoms with Gasteiger partial charge >= 0.3 is 0 Å². The monoisotopic (exact) mass is 311 g/mol. The maximum atomic E-state index is 12.3. The molecule has 2 heterocycles. The van der Waals surface area contributed by atoms with Gasteiger partial charge in [0.1, 0.15) is 10.7 Å². The molecule has 4 nitrogen and oxygen atoms in total. The molecule has 2 aromatic heterocycles. The van der Waals surface area contributed by atoms with Crippen molar-refractivity contribution in [3.05, 3.63) is 71.5 Å². The minimum Gasteiger partial charge on any atom is -0.343 e. The third-order valence-electron chi connectivity index (χ3n) is 3.24. The van der Waals surface area contributed by atoms with Crippen molar-refractivity contribution in [1.29, 1.82) is 0 Å². The fourth-order valence-corrected chi connectivity index (χ4v) is 2.87. The van der Waals surface area contributed by atoms with Crippen molar-refractivity contribution in [3.63, 3.8) is 0 Å². The van der Waals surface area contributed by atoms with Gasteiger partial charge in [0, 0.05) is 18.6 Å². The maximum absolute atomic E-state index is 12.3. The van der Waals surface area contributed by atoms with Crippen molar-refractivity contribution in [2.24, 2.45) is 0 Å². The van der Waals surface area contributed by atoms with Gasteiger partial charge < -0.3 is 5.32 Å². The van der Waals surface area contributed by atoms with Gasteiger partial charge in [-0.05, 0) is 19.1 Å².